The SMILES string of the molecule is CCCOC(=O)N1CCN(C(=O)c2ccc3c(C)c4c(nc3c2)CC(CC#N)CC4)CC1. The molecule has 0 saturated carbocycles. The first-order valence-corrected chi connectivity index (χ1v) is 11.5. The maximum Gasteiger partial charge on any atom is 0.409 e. The van der Waals surface area contributed by atoms with Crippen molar-refractivity contribution >= 4 is 22.9 Å². The van der Waals surface area contributed by atoms with Crippen LogP contribution in [0.25, 0.3) is 10.9 Å². The van der Waals surface area contributed by atoms with E-state index in [2.05, 4.69) is 13.0 Å². The zero-order valence-corrected chi connectivity index (χ0v) is 18.9. The Balaban J connectivity index is 1.50. The van der Waals surface area contributed by atoms with Gasteiger partial charge < -0.3 is 14.5 Å². The molecule has 2 amide bonds. The van der Waals surface area contributed by atoms with Gasteiger partial charge in [-0.25, -0.2) is 4.79 Å². The number of ether oxygens (including phenoxy) is 1. The van der Waals surface area contributed by atoms with E-state index in [1.54, 1.807) is 9.80 Å². The molecule has 0 spiro atoms. The molecule has 1 fully saturated rings. The van der Waals surface area contributed by atoms with Crippen molar-refractivity contribution in [1.29, 1.82) is 5.26 Å². The van der Waals surface area contributed by atoms with E-state index >= 15 is 0 Å². The number of carbonyl (C=O) groups is 2. The van der Waals surface area contributed by atoms with Crippen LogP contribution in [0.3, 0.4) is 0 Å². The van der Waals surface area contributed by atoms with Crippen molar-refractivity contribution in [2.45, 2.75) is 46.0 Å². The van der Waals surface area contributed by atoms with E-state index in [9.17, 15) is 9.59 Å². The van der Waals surface area contributed by atoms with Crippen LogP contribution in [-0.2, 0) is 17.6 Å². The number of amides is 2. The lowest BCUT2D eigenvalue weighted by atomic mass is 9.82. The van der Waals surface area contributed by atoms with Gasteiger partial charge in [-0.05, 0) is 61.8 Å². The number of nitriles is 1. The van der Waals surface area contributed by atoms with Crippen LogP contribution in [0.4, 0.5) is 4.79 Å². The highest BCUT2D eigenvalue weighted by Crippen LogP contribution is 2.32. The monoisotopic (exact) mass is 434 g/mol. The Morgan fingerprint density at radius 1 is 1.22 bits per heavy atom. The largest absolute Gasteiger partial charge is 0.449 e. The van der Waals surface area contributed by atoms with E-state index in [1.165, 1.54) is 11.1 Å². The number of nitrogens with zero attached hydrogens (tertiary/aromatic N) is 4. The molecule has 32 heavy (non-hydrogen) atoms. The second-order valence-electron chi connectivity index (χ2n) is 8.76. The normalized spacial score (nSPS) is 18.2. The van der Waals surface area contributed by atoms with Crippen LogP contribution in [0.5, 0.6) is 0 Å². The van der Waals surface area contributed by atoms with Crippen molar-refractivity contribution in [2.24, 2.45) is 5.92 Å². The second-order valence-corrected chi connectivity index (χ2v) is 8.76. The number of aryl methyl sites for hydroxylation is 1. The summed E-state index contributed by atoms with van der Waals surface area (Å²) in [5.41, 5.74) is 5.07. The fraction of sp³-hybridized carbons (Fsp3) is 0.520. The van der Waals surface area contributed by atoms with Gasteiger partial charge in [0, 0.05) is 49.2 Å². The molecule has 7 heteroatoms. The summed E-state index contributed by atoms with van der Waals surface area (Å²) < 4.78 is 5.20. The highest BCUT2D eigenvalue weighted by atomic mass is 16.6. The molecule has 0 radical (unpaired) electrons. The molecule has 1 aromatic carbocycles. The van der Waals surface area contributed by atoms with Gasteiger partial charge in [-0.1, -0.05) is 13.0 Å². The summed E-state index contributed by atoms with van der Waals surface area (Å²) in [4.78, 5) is 33.5. The quantitative estimate of drug-likeness (QED) is 0.729. The second kappa shape index (κ2) is 9.56. The average molecular weight is 435 g/mol. The number of hydrogen-bond acceptors (Lipinski definition) is 5. The lowest BCUT2D eigenvalue weighted by Crippen LogP contribution is -2.50. The van der Waals surface area contributed by atoms with Gasteiger partial charge in [0.15, 0.2) is 0 Å². The van der Waals surface area contributed by atoms with Gasteiger partial charge >= 0.3 is 6.09 Å². The van der Waals surface area contributed by atoms with Gasteiger partial charge in [0.2, 0.25) is 0 Å². The van der Waals surface area contributed by atoms with E-state index in [0.29, 0.717) is 50.7 Å². The molecule has 1 aromatic heterocycles. The Morgan fingerprint density at radius 3 is 2.69 bits per heavy atom. The molecular formula is C25H30N4O3. The maximum atomic E-state index is 13.1. The lowest BCUT2D eigenvalue weighted by Gasteiger charge is -2.34. The Bertz CT molecular complexity index is 1070. The lowest BCUT2D eigenvalue weighted by molar-refractivity contribution is 0.0560. The molecule has 0 bridgehead atoms. The zero-order chi connectivity index (χ0) is 22.7. The number of fused-ring (bicyclic) bond motifs is 2. The number of hydrogen-bond donors (Lipinski definition) is 0. The maximum absolute atomic E-state index is 13.1. The van der Waals surface area contributed by atoms with Crippen molar-refractivity contribution in [1.82, 2.24) is 14.8 Å². The molecule has 2 aromatic rings. The van der Waals surface area contributed by atoms with Crippen LogP contribution in [0.1, 0.15) is 53.4 Å². The third-order valence-electron chi connectivity index (χ3n) is 6.62. The number of aromatic nitrogens is 1. The molecule has 1 aliphatic heterocycles. The highest BCUT2D eigenvalue weighted by molar-refractivity contribution is 5.98. The molecule has 1 aliphatic carbocycles. The first-order valence-electron chi connectivity index (χ1n) is 11.5. The van der Waals surface area contributed by atoms with Crippen LogP contribution in [0, 0.1) is 24.2 Å². The minimum atomic E-state index is -0.302. The Morgan fingerprint density at radius 2 is 1.97 bits per heavy atom. The summed E-state index contributed by atoms with van der Waals surface area (Å²) >= 11 is 0. The molecule has 2 heterocycles. The standard InChI is InChI=1S/C25H30N4O3/c1-3-14-32-25(31)29-12-10-28(11-13-29)24(30)19-5-7-21-17(2)20-6-4-18(8-9-26)15-22(20)27-23(21)16-19/h5,7,16,18H,3-4,6,8,10-15H2,1-2H3. The highest BCUT2D eigenvalue weighted by Gasteiger charge is 2.27. The van der Waals surface area contributed by atoms with Gasteiger partial charge in [0.05, 0.1) is 18.2 Å². The Hall–Kier alpha value is -3.14. The van der Waals surface area contributed by atoms with Crippen molar-refractivity contribution < 1.29 is 14.3 Å². The fourth-order valence-corrected chi connectivity index (χ4v) is 4.75. The molecule has 2 aliphatic rings. The van der Waals surface area contributed by atoms with E-state index < -0.39 is 0 Å². The van der Waals surface area contributed by atoms with E-state index in [4.69, 9.17) is 15.0 Å². The van der Waals surface area contributed by atoms with Gasteiger partial charge in [0.25, 0.3) is 5.91 Å². The summed E-state index contributed by atoms with van der Waals surface area (Å²) in [5.74, 6) is 0.329. The number of benzene rings is 1. The van der Waals surface area contributed by atoms with Crippen LogP contribution in [0.15, 0.2) is 18.2 Å². The van der Waals surface area contributed by atoms with Crippen LogP contribution in [0.2, 0.25) is 0 Å². The Labute approximate surface area is 189 Å². The molecule has 168 valence electrons. The summed E-state index contributed by atoms with van der Waals surface area (Å²) in [5, 5.41) is 10.1. The fourth-order valence-electron chi connectivity index (χ4n) is 4.75. The number of rotatable bonds is 4. The first-order chi connectivity index (χ1) is 15.5. The molecule has 7 nitrogen and oxygen atoms in total. The molecule has 0 N–H and O–H groups in total. The average Bonchev–Trinajstić information content (AvgIpc) is 2.82. The summed E-state index contributed by atoms with van der Waals surface area (Å²) in [6, 6.07) is 8.07. The van der Waals surface area contributed by atoms with Crippen molar-refractivity contribution in [3.05, 3.63) is 40.6 Å². The topological polar surface area (TPSA) is 86.5 Å². The first kappa shape index (κ1) is 22.1. The van der Waals surface area contributed by atoms with Gasteiger partial charge in [-0.2, -0.15) is 5.26 Å². The van der Waals surface area contributed by atoms with Crippen molar-refractivity contribution in [3.63, 3.8) is 0 Å². The third-order valence-corrected chi connectivity index (χ3v) is 6.62. The third kappa shape index (κ3) is 4.40. The molecule has 1 saturated heterocycles. The molecule has 4 rings (SSSR count). The van der Waals surface area contributed by atoms with E-state index in [0.717, 1.165) is 42.3 Å². The molecule has 1 atom stereocenters. The van der Waals surface area contributed by atoms with Gasteiger partial charge in [0.1, 0.15) is 0 Å². The summed E-state index contributed by atoms with van der Waals surface area (Å²) in [6.45, 7) is 6.45. The summed E-state index contributed by atoms with van der Waals surface area (Å²) in [6.07, 6.45) is 3.87. The van der Waals surface area contributed by atoms with Crippen molar-refractivity contribution in [2.75, 3.05) is 32.8 Å². The minimum absolute atomic E-state index is 0.0343. The van der Waals surface area contributed by atoms with Crippen molar-refractivity contribution in [3.8, 4) is 6.07 Å². The predicted molar refractivity (Wildman–Crippen MR) is 121 cm³/mol. The molecular weight excluding hydrogens is 404 g/mol. The Kier molecular flexibility index (Phi) is 6.59. The number of pyridine rings is 1. The minimum Gasteiger partial charge on any atom is -0.449 e. The molecule has 1 unspecified atom stereocenters. The van der Waals surface area contributed by atoms with Crippen LogP contribution < -0.4 is 0 Å². The van der Waals surface area contributed by atoms with E-state index in [-0.39, 0.29) is 12.0 Å². The predicted octanol–water partition coefficient (Wildman–Crippen LogP) is 3.87. The van der Waals surface area contributed by atoms with Gasteiger partial charge in [-0.15, -0.1) is 0 Å². The van der Waals surface area contributed by atoms with Crippen LogP contribution >= 0.6 is 0 Å². The summed E-state index contributed by atoms with van der Waals surface area (Å²) in [7, 11) is 0. The van der Waals surface area contributed by atoms with Crippen LogP contribution in [-0.4, -0.2) is 59.6 Å². The smallest absolute Gasteiger partial charge is 0.409 e. The number of carbonyl (C=O) groups excluding carboxylic acids is 2. The van der Waals surface area contributed by atoms with E-state index in [1.807, 2.05) is 25.1 Å². The zero-order valence-electron chi connectivity index (χ0n) is 18.9. The van der Waals surface area contributed by atoms with Gasteiger partial charge in [-0.3, -0.25) is 9.78 Å². The number of piperazine rings is 1.